The number of anilines is 1. The van der Waals surface area contributed by atoms with Gasteiger partial charge in [0.25, 0.3) is 0 Å². The first-order valence-electron chi connectivity index (χ1n) is 12.2. The van der Waals surface area contributed by atoms with E-state index in [1.807, 2.05) is 0 Å². The van der Waals surface area contributed by atoms with Crippen molar-refractivity contribution in [1.82, 2.24) is 24.7 Å². The number of sulfonamides is 1. The van der Waals surface area contributed by atoms with Crippen LogP contribution in [0.4, 0.5) is 19.1 Å². The molecule has 16 heteroatoms. The van der Waals surface area contributed by atoms with Gasteiger partial charge < -0.3 is 18.9 Å². The van der Waals surface area contributed by atoms with E-state index in [9.17, 15) is 21.6 Å². The number of hydrogen-bond donors (Lipinski definition) is 1. The van der Waals surface area contributed by atoms with Gasteiger partial charge in [0.05, 0.1) is 14.2 Å². The molecular formula is C26H27F3N6O6S. The van der Waals surface area contributed by atoms with Crippen LogP contribution in [0.1, 0.15) is 24.4 Å². The van der Waals surface area contributed by atoms with Gasteiger partial charge in [-0.1, -0.05) is 18.2 Å². The molecular weight excluding hydrogens is 581 g/mol. The van der Waals surface area contributed by atoms with E-state index in [1.54, 1.807) is 25.1 Å². The monoisotopic (exact) mass is 608 g/mol. The third-order valence-corrected chi connectivity index (χ3v) is 7.77. The van der Waals surface area contributed by atoms with Crippen molar-refractivity contribution >= 4 is 16.0 Å². The van der Waals surface area contributed by atoms with E-state index < -0.39 is 33.5 Å². The number of nitrogens with one attached hydrogen (secondary N) is 1. The average Bonchev–Trinajstić information content (AvgIpc) is 3.35. The Balaban J connectivity index is 1.85. The van der Waals surface area contributed by atoms with Crippen molar-refractivity contribution in [3.05, 3.63) is 66.2 Å². The fraction of sp³-hybridized carbons (Fsp3) is 0.308. The zero-order valence-corrected chi connectivity index (χ0v) is 23.9. The second-order valence-corrected chi connectivity index (χ2v) is 10.9. The Kier molecular flexibility index (Phi) is 8.86. The smallest absolute Gasteiger partial charge is 0.494 e. The molecule has 0 saturated heterocycles. The van der Waals surface area contributed by atoms with Gasteiger partial charge in [0.15, 0.2) is 11.6 Å². The zero-order chi connectivity index (χ0) is 30.7. The molecule has 0 bridgehead atoms. The van der Waals surface area contributed by atoms with Gasteiger partial charge in [-0.25, -0.2) is 18.4 Å². The highest BCUT2D eigenvalue weighted by Crippen LogP contribution is 2.39. The topological polar surface area (TPSA) is 140 Å². The van der Waals surface area contributed by atoms with E-state index in [0.717, 1.165) is 17.7 Å². The minimum atomic E-state index is -4.94. The minimum absolute atomic E-state index is 0.0408. The molecule has 0 unspecified atom stereocenters. The molecule has 0 saturated carbocycles. The van der Waals surface area contributed by atoms with E-state index in [2.05, 4.69) is 29.6 Å². The lowest BCUT2D eigenvalue weighted by Crippen LogP contribution is -2.33. The summed E-state index contributed by atoms with van der Waals surface area (Å²) in [6, 6.07) is 9.80. The van der Waals surface area contributed by atoms with Crippen molar-refractivity contribution < 1.29 is 40.5 Å². The number of ether oxygens (including phenoxy) is 4. The highest BCUT2D eigenvalue weighted by atomic mass is 32.2. The maximum absolute atomic E-state index is 13.7. The highest BCUT2D eigenvalue weighted by Gasteiger charge is 2.35. The molecule has 4 aromatic rings. The van der Waals surface area contributed by atoms with Crippen LogP contribution < -0.4 is 18.9 Å². The average molecular weight is 609 g/mol. The number of nitrogens with zero attached hydrogens (tertiary/aromatic N) is 5. The van der Waals surface area contributed by atoms with Gasteiger partial charge in [-0.15, -0.1) is 23.4 Å². The first-order chi connectivity index (χ1) is 19.9. The molecule has 12 nitrogen and oxygen atoms in total. The molecule has 42 heavy (non-hydrogen) atoms. The second kappa shape index (κ2) is 12.2. The lowest BCUT2D eigenvalue weighted by atomic mass is 10.2. The Morgan fingerprint density at radius 2 is 1.57 bits per heavy atom. The number of rotatable bonds is 11. The van der Waals surface area contributed by atoms with Crippen molar-refractivity contribution in [3.8, 4) is 34.3 Å². The molecule has 2 heterocycles. The zero-order valence-electron chi connectivity index (χ0n) is 23.1. The molecule has 2 aromatic heterocycles. The molecule has 2 atom stereocenters. The van der Waals surface area contributed by atoms with E-state index in [-0.39, 0.29) is 40.3 Å². The van der Waals surface area contributed by atoms with Crippen LogP contribution in [0, 0.1) is 6.92 Å². The minimum Gasteiger partial charge on any atom is -0.494 e. The maximum atomic E-state index is 13.7. The summed E-state index contributed by atoms with van der Waals surface area (Å²) >= 11 is 0. The molecule has 4 rings (SSSR count). The number of alkyl halides is 3. The van der Waals surface area contributed by atoms with Gasteiger partial charge in [-0.05, 0) is 43.7 Å². The van der Waals surface area contributed by atoms with Gasteiger partial charge in [0, 0.05) is 25.1 Å². The fourth-order valence-corrected chi connectivity index (χ4v) is 5.20. The van der Waals surface area contributed by atoms with Crippen LogP contribution in [-0.2, 0) is 14.8 Å². The summed E-state index contributed by atoms with van der Waals surface area (Å²) < 4.78 is 90.3. The quantitative estimate of drug-likeness (QED) is 0.259. The van der Waals surface area contributed by atoms with Crippen molar-refractivity contribution in [3.63, 3.8) is 0 Å². The lowest BCUT2D eigenvalue weighted by Gasteiger charge is -2.23. The molecule has 0 aliphatic rings. The molecule has 0 fully saturated rings. The van der Waals surface area contributed by atoms with Crippen LogP contribution in [0.3, 0.4) is 0 Å². The predicted octanol–water partition coefficient (Wildman–Crippen LogP) is 4.47. The fourth-order valence-electron chi connectivity index (χ4n) is 4.07. The van der Waals surface area contributed by atoms with Gasteiger partial charge in [-0.2, -0.15) is 0 Å². The first kappa shape index (κ1) is 30.5. The number of aryl methyl sites for hydroxylation is 1. The largest absolute Gasteiger partial charge is 0.573 e. The van der Waals surface area contributed by atoms with Crippen LogP contribution in [0.2, 0.25) is 0 Å². The Morgan fingerprint density at radius 3 is 2.14 bits per heavy atom. The van der Waals surface area contributed by atoms with Crippen molar-refractivity contribution in [1.29, 1.82) is 0 Å². The third-order valence-electron chi connectivity index (χ3n) is 6.07. The Labute approximate surface area is 239 Å². The van der Waals surface area contributed by atoms with Crippen molar-refractivity contribution in [2.45, 2.75) is 31.6 Å². The molecule has 0 aliphatic carbocycles. The van der Waals surface area contributed by atoms with Gasteiger partial charge >= 0.3 is 6.36 Å². The van der Waals surface area contributed by atoms with Crippen LogP contribution in [0.5, 0.6) is 17.2 Å². The summed E-state index contributed by atoms with van der Waals surface area (Å²) in [5.41, 5.74) is 1.08. The Hall–Kier alpha value is -4.44. The van der Waals surface area contributed by atoms with E-state index >= 15 is 0 Å². The van der Waals surface area contributed by atoms with Crippen molar-refractivity contribution in [2.75, 3.05) is 26.1 Å². The van der Waals surface area contributed by atoms with Crippen LogP contribution in [0.15, 0.2) is 54.9 Å². The SMILES string of the molecule is COc1cccc(OC)c1-n1c(NS(=O)(=O)[C@@H](C)[C@H](OC)c2ncc(C)cn2)nnc1-c1cccc(OC(F)(F)F)c1. The van der Waals surface area contributed by atoms with Gasteiger partial charge in [0.1, 0.15) is 34.3 Å². The van der Waals surface area contributed by atoms with E-state index in [0.29, 0.717) is 0 Å². The summed E-state index contributed by atoms with van der Waals surface area (Å²) in [7, 11) is -0.186. The molecule has 0 amide bonds. The normalized spacial score (nSPS) is 13.3. The summed E-state index contributed by atoms with van der Waals surface area (Å²) in [6.07, 6.45) is -2.92. The van der Waals surface area contributed by atoms with Gasteiger partial charge in [-0.3, -0.25) is 9.29 Å². The summed E-state index contributed by atoms with van der Waals surface area (Å²) in [6.45, 7) is 3.19. The number of methoxy groups -OCH3 is 3. The standard InChI is InChI=1S/C26H27F3N6O6S/c1-15-13-30-23(31-14-15)22(40-5)16(2)42(36,37)34-25-33-32-24(17-8-6-9-18(12-17)41-26(27,28)29)35(25)21-19(38-3)10-7-11-20(21)39-4/h6-14,16,22H,1-5H3,(H,33,34)/t16-,22-/m0/s1. The van der Waals surface area contributed by atoms with Crippen LogP contribution >= 0.6 is 0 Å². The Bertz CT molecular complexity index is 1620. The molecule has 0 spiro atoms. The molecule has 0 radical (unpaired) electrons. The molecule has 0 aliphatic heterocycles. The summed E-state index contributed by atoms with van der Waals surface area (Å²) in [4.78, 5) is 8.38. The number of benzene rings is 2. The number of hydrogen-bond acceptors (Lipinski definition) is 10. The molecule has 224 valence electrons. The summed E-state index contributed by atoms with van der Waals surface area (Å²) in [5.74, 6) is -0.249. The van der Waals surface area contributed by atoms with Crippen LogP contribution in [0.25, 0.3) is 17.1 Å². The van der Waals surface area contributed by atoms with E-state index in [1.165, 1.54) is 57.3 Å². The van der Waals surface area contributed by atoms with E-state index in [4.69, 9.17) is 14.2 Å². The number of halogens is 3. The summed E-state index contributed by atoms with van der Waals surface area (Å²) in [5, 5.41) is 6.91. The molecule has 1 N–H and O–H groups in total. The third kappa shape index (κ3) is 6.54. The van der Waals surface area contributed by atoms with Crippen molar-refractivity contribution in [2.24, 2.45) is 0 Å². The van der Waals surface area contributed by atoms with Gasteiger partial charge in [0.2, 0.25) is 16.0 Å². The van der Waals surface area contributed by atoms with Crippen LogP contribution in [-0.4, -0.2) is 66.1 Å². The predicted molar refractivity (Wildman–Crippen MR) is 145 cm³/mol. The Morgan fingerprint density at radius 1 is 0.952 bits per heavy atom. The second-order valence-electron chi connectivity index (χ2n) is 8.90. The molecule has 2 aromatic carbocycles. The first-order valence-corrected chi connectivity index (χ1v) is 13.8. The number of para-hydroxylation sites is 1. The number of aromatic nitrogens is 5. The maximum Gasteiger partial charge on any atom is 0.573 e. The lowest BCUT2D eigenvalue weighted by molar-refractivity contribution is -0.274. The highest BCUT2D eigenvalue weighted by molar-refractivity contribution is 7.93.